The molecule has 0 radical (unpaired) electrons. The first-order chi connectivity index (χ1) is 20.2. The summed E-state index contributed by atoms with van der Waals surface area (Å²) in [6.45, 7) is 11.7. The van der Waals surface area contributed by atoms with Gasteiger partial charge in [0.2, 0.25) is 11.7 Å². The van der Waals surface area contributed by atoms with E-state index in [0.29, 0.717) is 19.4 Å². The Bertz CT molecular complexity index is 1280. The third kappa shape index (κ3) is 5.50. The molecule has 0 saturated carbocycles. The smallest absolute Gasteiger partial charge is 0.264 e. The second kappa shape index (κ2) is 11.6. The van der Waals surface area contributed by atoms with Crippen LogP contribution >= 0.6 is 0 Å². The summed E-state index contributed by atoms with van der Waals surface area (Å²) < 4.78 is 24.3. The molecule has 5 heterocycles. The van der Waals surface area contributed by atoms with Crippen LogP contribution in [0.3, 0.4) is 0 Å². The van der Waals surface area contributed by atoms with Crippen LogP contribution < -0.4 is 5.32 Å². The first kappa shape index (κ1) is 31.6. The number of Topliss-reactive ketones (excluding diaryl/α,β-unsaturated/α-hetero) is 1. The number of likely N-dealkylation sites (tertiary alicyclic amines) is 1. The van der Waals surface area contributed by atoms with Gasteiger partial charge in [-0.2, -0.15) is 0 Å². The fourth-order valence-electron chi connectivity index (χ4n) is 6.82. The lowest BCUT2D eigenvalue weighted by molar-refractivity contribution is -0.346. The van der Waals surface area contributed by atoms with Gasteiger partial charge in [-0.3, -0.25) is 14.4 Å². The zero-order valence-corrected chi connectivity index (χ0v) is 25.9. The predicted octanol–water partition coefficient (Wildman–Crippen LogP) is 2.46. The average molecular weight is 601 g/mol. The fraction of sp³-hybridized carbons (Fsp3) is 0.656. The minimum atomic E-state index is -1.15. The van der Waals surface area contributed by atoms with Crippen LogP contribution in [0.5, 0.6) is 0 Å². The van der Waals surface area contributed by atoms with Gasteiger partial charge < -0.3 is 39.4 Å². The van der Waals surface area contributed by atoms with Gasteiger partial charge in [-0.1, -0.05) is 44.6 Å². The van der Waals surface area contributed by atoms with Crippen molar-refractivity contribution >= 4 is 17.6 Å². The van der Waals surface area contributed by atoms with Gasteiger partial charge in [0.05, 0.1) is 36.9 Å². The number of allylic oxidation sites excluding steroid dienone is 3. The number of rotatable bonds is 7. The molecule has 5 aliphatic rings. The number of ether oxygens (including phenoxy) is 4. The first-order valence-corrected chi connectivity index (χ1v) is 15.1. The molecule has 11 heteroatoms. The molecule has 0 aromatic rings. The maximum atomic E-state index is 13.6. The number of fused-ring (bicyclic) bond motifs is 3. The largest absolute Gasteiger partial charge is 0.507 e. The average Bonchev–Trinajstić information content (AvgIpc) is 3.71. The number of carbonyl (C=O) groups excluding carboxylic acids is 3. The number of hydrogen-bond acceptors (Lipinski definition) is 9. The van der Waals surface area contributed by atoms with Gasteiger partial charge in [0.25, 0.3) is 5.91 Å². The van der Waals surface area contributed by atoms with Crippen molar-refractivity contribution in [3.05, 3.63) is 47.3 Å². The van der Waals surface area contributed by atoms with E-state index < -0.39 is 65.1 Å². The Morgan fingerprint density at radius 1 is 1.19 bits per heavy atom. The molecule has 0 aromatic heterocycles. The maximum Gasteiger partial charge on any atom is 0.264 e. The third-order valence-corrected chi connectivity index (χ3v) is 9.67. The summed E-state index contributed by atoms with van der Waals surface area (Å²) in [5.74, 6) is -3.93. The molecule has 4 fully saturated rings. The van der Waals surface area contributed by atoms with E-state index in [1.807, 2.05) is 19.9 Å². The van der Waals surface area contributed by atoms with Gasteiger partial charge in [0, 0.05) is 18.9 Å². The molecule has 3 N–H and O–H groups in total. The fourth-order valence-corrected chi connectivity index (χ4v) is 6.82. The lowest BCUT2D eigenvalue weighted by Crippen LogP contribution is -2.61. The highest BCUT2D eigenvalue weighted by molar-refractivity contribution is 6.27. The second-order valence-corrected chi connectivity index (χ2v) is 12.7. The van der Waals surface area contributed by atoms with E-state index in [1.165, 1.54) is 18.0 Å². The van der Waals surface area contributed by atoms with Crippen LogP contribution in [0.15, 0.2) is 47.3 Å². The normalized spacial score (nSPS) is 42.0. The number of nitrogens with zero attached hydrogens (tertiary/aromatic N) is 1. The molecule has 5 aliphatic heterocycles. The molecule has 11 nitrogen and oxygen atoms in total. The van der Waals surface area contributed by atoms with Crippen molar-refractivity contribution in [3.8, 4) is 0 Å². The van der Waals surface area contributed by atoms with Crippen LogP contribution in [-0.2, 0) is 33.3 Å². The number of nitrogens with one attached hydrogen (secondary N) is 1. The van der Waals surface area contributed by atoms with Gasteiger partial charge in [-0.15, -0.1) is 0 Å². The minimum absolute atomic E-state index is 0.0220. The monoisotopic (exact) mass is 600 g/mol. The number of amides is 2. The van der Waals surface area contributed by atoms with E-state index in [-0.39, 0.29) is 29.6 Å². The third-order valence-electron chi connectivity index (χ3n) is 9.67. The number of aliphatic hydroxyl groups excluding tert-OH is 2. The SMILES string of the molecule is CNC(=O)[C@H](C)[C@@H]1C(=O)/C(=C(O)/C=C/C(C)=C/[C@H](C)[C@H]2O[C@@]3(C)O[C@H](C=C[C@@]34CO4)[C@H]2C)C(=O)N1[C@H]1CC[C@H](O)[C@@H](C)O1. The Labute approximate surface area is 252 Å². The lowest BCUT2D eigenvalue weighted by Gasteiger charge is -2.51. The molecule has 2 amide bonds. The Balaban J connectivity index is 1.36. The highest BCUT2D eigenvalue weighted by Crippen LogP contribution is 2.52. The number of carbonyl (C=O) groups is 3. The van der Waals surface area contributed by atoms with E-state index in [2.05, 4.69) is 31.3 Å². The van der Waals surface area contributed by atoms with E-state index >= 15 is 0 Å². The number of epoxide rings is 1. The molecule has 0 aliphatic carbocycles. The minimum Gasteiger partial charge on any atom is -0.507 e. The maximum absolute atomic E-state index is 13.6. The van der Waals surface area contributed by atoms with Gasteiger partial charge >= 0.3 is 0 Å². The van der Waals surface area contributed by atoms with Crippen molar-refractivity contribution in [1.29, 1.82) is 0 Å². The van der Waals surface area contributed by atoms with Gasteiger partial charge in [0.15, 0.2) is 11.4 Å². The van der Waals surface area contributed by atoms with Gasteiger partial charge in [-0.25, -0.2) is 0 Å². The van der Waals surface area contributed by atoms with Crippen LogP contribution in [-0.4, -0.2) is 94.4 Å². The zero-order valence-electron chi connectivity index (χ0n) is 25.9. The molecule has 43 heavy (non-hydrogen) atoms. The molecule has 5 rings (SSSR count). The van der Waals surface area contributed by atoms with Crippen molar-refractivity contribution < 1.29 is 43.5 Å². The second-order valence-electron chi connectivity index (χ2n) is 12.7. The quantitative estimate of drug-likeness (QED) is 0.100. The number of ketones is 1. The summed E-state index contributed by atoms with van der Waals surface area (Å²) in [5.41, 5.74) is -0.127. The number of hydrogen-bond donors (Lipinski definition) is 3. The summed E-state index contributed by atoms with van der Waals surface area (Å²) >= 11 is 0. The Hall–Kier alpha value is -2.83. The summed E-state index contributed by atoms with van der Waals surface area (Å²) in [4.78, 5) is 41.1. The summed E-state index contributed by atoms with van der Waals surface area (Å²) in [5, 5.41) is 23.7. The van der Waals surface area contributed by atoms with Gasteiger partial charge in [-0.05, 0) is 45.8 Å². The molecule has 4 saturated heterocycles. The van der Waals surface area contributed by atoms with Crippen LogP contribution in [0.25, 0.3) is 0 Å². The zero-order chi connectivity index (χ0) is 31.4. The Morgan fingerprint density at radius 3 is 2.51 bits per heavy atom. The van der Waals surface area contributed by atoms with Crippen LogP contribution in [0.1, 0.15) is 54.4 Å². The molecular formula is C32H44N2O9. The highest BCUT2D eigenvalue weighted by atomic mass is 16.8. The van der Waals surface area contributed by atoms with E-state index in [0.717, 1.165) is 5.57 Å². The molecule has 2 bridgehead atoms. The Morgan fingerprint density at radius 2 is 1.88 bits per heavy atom. The van der Waals surface area contributed by atoms with E-state index in [9.17, 15) is 24.6 Å². The van der Waals surface area contributed by atoms with Gasteiger partial charge in [0.1, 0.15) is 23.6 Å². The van der Waals surface area contributed by atoms with Crippen molar-refractivity contribution in [2.45, 2.75) is 102 Å². The first-order valence-electron chi connectivity index (χ1n) is 15.1. The number of aliphatic hydroxyl groups is 2. The van der Waals surface area contributed by atoms with Crippen molar-refractivity contribution in [2.24, 2.45) is 17.8 Å². The molecule has 1 spiro atoms. The summed E-state index contributed by atoms with van der Waals surface area (Å²) in [7, 11) is 1.46. The van der Waals surface area contributed by atoms with Crippen LogP contribution in [0.4, 0.5) is 0 Å². The standard InChI is InChI=1S/C32H44N2O9/c1-16(14-17(2)28-18(3)23-12-13-32(15-40-32)31(6,42-23)43-28)8-9-22(36)25-27(37)26(19(4)29(38)33-7)34(30(25)39)24-11-10-21(35)20(5)41-24/h8-9,12-14,17-21,23-24,26,28,35-36H,10-11,15H2,1-7H3,(H,33,38)/b9-8+,16-14+,25-22+/t17-,18+,19+,20+,21-,23+,24+,26+,28+,31+,32+/m0/s1. The van der Waals surface area contributed by atoms with Crippen LogP contribution in [0, 0.1) is 17.8 Å². The van der Waals surface area contributed by atoms with Crippen LogP contribution in [0.2, 0.25) is 0 Å². The highest BCUT2D eigenvalue weighted by Gasteiger charge is 2.66. The molecule has 0 aromatic carbocycles. The van der Waals surface area contributed by atoms with Crippen molar-refractivity contribution in [3.63, 3.8) is 0 Å². The van der Waals surface area contributed by atoms with E-state index in [4.69, 9.17) is 18.9 Å². The topological polar surface area (TPSA) is 147 Å². The Kier molecular flexibility index (Phi) is 8.51. The molecule has 11 atom stereocenters. The summed E-state index contributed by atoms with van der Waals surface area (Å²) in [6.07, 6.45) is 7.46. The molecule has 0 unspecified atom stereocenters. The summed E-state index contributed by atoms with van der Waals surface area (Å²) in [6, 6.07) is -1.15. The molecule has 236 valence electrons. The predicted molar refractivity (Wildman–Crippen MR) is 155 cm³/mol. The molecular weight excluding hydrogens is 556 g/mol. The van der Waals surface area contributed by atoms with Crippen molar-refractivity contribution in [2.75, 3.05) is 13.7 Å². The van der Waals surface area contributed by atoms with E-state index in [1.54, 1.807) is 19.9 Å². The lowest BCUT2D eigenvalue weighted by atomic mass is 9.82. The van der Waals surface area contributed by atoms with Crippen molar-refractivity contribution in [1.82, 2.24) is 10.2 Å².